The Bertz CT molecular complexity index is 1100. The fraction of sp³-hybridized carbons (Fsp3) is 0.435. The summed E-state index contributed by atoms with van der Waals surface area (Å²) in [6, 6.07) is 9.66. The molecule has 0 N–H and O–H groups in total. The molecule has 2 saturated heterocycles. The fourth-order valence-electron chi connectivity index (χ4n) is 5.23. The van der Waals surface area contributed by atoms with Crippen LogP contribution in [0.25, 0.3) is 10.2 Å². The molecule has 31 heavy (non-hydrogen) atoms. The van der Waals surface area contributed by atoms with Crippen molar-refractivity contribution in [3.63, 3.8) is 0 Å². The summed E-state index contributed by atoms with van der Waals surface area (Å²) in [6.45, 7) is 1.44. The molecule has 160 valence electrons. The van der Waals surface area contributed by atoms with Crippen molar-refractivity contribution in [1.82, 2.24) is 14.9 Å². The lowest BCUT2D eigenvalue weighted by Gasteiger charge is -2.44. The van der Waals surface area contributed by atoms with E-state index in [4.69, 9.17) is 4.74 Å². The van der Waals surface area contributed by atoms with E-state index in [0.29, 0.717) is 0 Å². The summed E-state index contributed by atoms with van der Waals surface area (Å²) >= 11 is 1.58. The van der Waals surface area contributed by atoms with Crippen LogP contribution in [0.15, 0.2) is 42.0 Å². The quantitative estimate of drug-likeness (QED) is 0.619. The first-order valence-electron chi connectivity index (χ1n) is 10.8. The van der Waals surface area contributed by atoms with Gasteiger partial charge < -0.3 is 14.5 Å². The predicted octanol–water partition coefficient (Wildman–Crippen LogP) is 3.87. The SMILES string of the molecule is O=C(C1CC(Oc2cccc3ncsc23)C1)N1C[C@H]2CC[C@@H](C1)N2c1ccc(F)cn1. The second kappa shape index (κ2) is 7.44. The van der Waals surface area contributed by atoms with E-state index in [1.165, 1.54) is 12.3 Å². The van der Waals surface area contributed by atoms with Crippen molar-refractivity contribution in [2.45, 2.75) is 43.9 Å². The van der Waals surface area contributed by atoms with Crippen molar-refractivity contribution in [2.24, 2.45) is 5.92 Å². The summed E-state index contributed by atoms with van der Waals surface area (Å²) < 4.78 is 20.5. The van der Waals surface area contributed by atoms with Crippen LogP contribution in [0.1, 0.15) is 25.7 Å². The van der Waals surface area contributed by atoms with Gasteiger partial charge in [-0.25, -0.2) is 14.4 Å². The van der Waals surface area contributed by atoms with Gasteiger partial charge in [-0.2, -0.15) is 0 Å². The summed E-state index contributed by atoms with van der Waals surface area (Å²) in [6.07, 6.45) is 4.98. The van der Waals surface area contributed by atoms with Crippen molar-refractivity contribution in [2.75, 3.05) is 18.0 Å². The summed E-state index contributed by atoms with van der Waals surface area (Å²) in [4.78, 5) is 26.1. The van der Waals surface area contributed by atoms with Crippen LogP contribution in [0.5, 0.6) is 5.75 Å². The van der Waals surface area contributed by atoms with Gasteiger partial charge in [-0.1, -0.05) is 6.07 Å². The number of carbonyl (C=O) groups is 1. The summed E-state index contributed by atoms with van der Waals surface area (Å²) in [5, 5.41) is 0. The van der Waals surface area contributed by atoms with Gasteiger partial charge in [0, 0.05) is 31.1 Å². The van der Waals surface area contributed by atoms with E-state index in [9.17, 15) is 9.18 Å². The number of piperazine rings is 1. The number of nitrogens with zero attached hydrogens (tertiary/aromatic N) is 4. The van der Waals surface area contributed by atoms with Crippen LogP contribution in [0.2, 0.25) is 0 Å². The van der Waals surface area contributed by atoms with Gasteiger partial charge in [-0.3, -0.25) is 4.79 Å². The monoisotopic (exact) mass is 438 g/mol. The minimum Gasteiger partial charge on any atom is -0.489 e. The third kappa shape index (κ3) is 3.33. The minimum atomic E-state index is -0.321. The van der Waals surface area contributed by atoms with Gasteiger partial charge in [0.2, 0.25) is 5.91 Å². The Labute approximate surface area is 183 Å². The molecule has 2 aromatic heterocycles. The van der Waals surface area contributed by atoms with Crippen molar-refractivity contribution in [3.05, 3.63) is 47.9 Å². The summed E-state index contributed by atoms with van der Waals surface area (Å²) in [5.41, 5.74) is 2.79. The molecule has 3 aromatic rings. The molecule has 3 fully saturated rings. The smallest absolute Gasteiger partial charge is 0.226 e. The van der Waals surface area contributed by atoms with Gasteiger partial charge in [0.15, 0.2) is 0 Å². The van der Waals surface area contributed by atoms with Crippen molar-refractivity contribution in [1.29, 1.82) is 0 Å². The highest BCUT2D eigenvalue weighted by Crippen LogP contribution is 2.39. The number of ether oxygens (including phenoxy) is 1. The van der Waals surface area contributed by atoms with Gasteiger partial charge >= 0.3 is 0 Å². The van der Waals surface area contributed by atoms with Gasteiger partial charge in [0.25, 0.3) is 0 Å². The summed E-state index contributed by atoms with van der Waals surface area (Å²) in [5.74, 6) is 1.66. The van der Waals surface area contributed by atoms with Crippen LogP contribution in [0.4, 0.5) is 10.2 Å². The Morgan fingerprint density at radius 1 is 1.10 bits per heavy atom. The van der Waals surface area contributed by atoms with Crippen LogP contribution < -0.4 is 9.64 Å². The van der Waals surface area contributed by atoms with Crippen LogP contribution in [-0.2, 0) is 4.79 Å². The zero-order chi connectivity index (χ0) is 20.9. The number of anilines is 1. The number of likely N-dealkylation sites (tertiary alicyclic amines) is 1. The molecule has 0 spiro atoms. The zero-order valence-corrected chi connectivity index (χ0v) is 17.8. The highest BCUT2D eigenvalue weighted by Gasteiger charge is 2.45. The van der Waals surface area contributed by atoms with Crippen LogP contribution in [0, 0.1) is 11.7 Å². The van der Waals surface area contributed by atoms with Gasteiger partial charge in [0.1, 0.15) is 23.5 Å². The standard InChI is InChI=1S/C23H23FN4O2S/c24-15-4-7-21(25-10-15)28-16-5-6-17(28)12-27(11-16)23(29)14-8-18(9-14)30-20-3-1-2-19-22(20)31-13-26-19/h1-4,7,10,13-14,16-18H,5-6,8-9,11-12H2/t14?,16-,17+,18?. The summed E-state index contributed by atoms with van der Waals surface area (Å²) in [7, 11) is 0. The Morgan fingerprint density at radius 3 is 2.65 bits per heavy atom. The molecular weight excluding hydrogens is 415 g/mol. The number of thiazole rings is 1. The zero-order valence-electron chi connectivity index (χ0n) is 17.0. The number of aromatic nitrogens is 2. The van der Waals surface area contributed by atoms with Crippen LogP contribution >= 0.6 is 11.3 Å². The molecule has 0 unspecified atom stereocenters. The van der Waals surface area contributed by atoms with E-state index >= 15 is 0 Å². The van der Waals surface area contributed by atoms with Crippen LogP contribution in [-0.4, -0.2) is 52.1 Å². The molecule has 1 saturated carbocycles. The highest BCUT2D eigenvalue weighted by molar-refractivity contribution is 7.17. The Morgan fingerprint density at radius 2 is 1.90 bits per heavy atom. The molecule has 1 amide bonds. The van der Waals surface area contributed by atoms with Crippen molar-refractivity contribution in [3.8, 4) is 5.75 Å². The first-order valence-corrected chi connectivity index (χ1v) is 11.7. The maximum absolute atomic E-state index is 13.2. The molecule has 1 aliphatic carbocycles. The van der Waals surface area contributed by atoms with E-state index in [1.54, 1.807) is 17.4 Å². The minimum absolute atomic E-state index is 0.0422. The maximum Gasteiger partial charge on any atom is 0.226 e. The van der Waals surface area contributed by atoms with E-state index < -0.39 is 0 Å². The Kier molecular flexibility index (Phi) is 4.56. The lowest BCUT2D eigenvalue weighted by atomic mass is 9.81. The fourth-order valence-corrected chi connectivity index (χ4v) is 5.98. The molecule has 8 heteroatoms. The first-order chi connectivity index (χ1) is 15.2. The second-order valence-electron chi connectivity index (χ2n) is 8.74. The topological polar surface area (TPSA) is 58.6 Å². The predicted molar refractivity (Wildman–Crippen MR) is 117 cm³/mol. The molecule has 6 nitrogen and oxygen atoms in total. The molecule has 2 bridgehead atoms. The lowest BCUT2D eigenvalue weighted by molar-refractivity contribution is -0.142. The van der Waals surface area contributed by atoms with E-state index in [2.05, 4.69) is 14.9 Å². The van der Waals surface area contributed by atoms with Crippen molar-refractivity contribution < 1.29 is 13.9 Å². The molecular formula is C23H23FN4O2S. The molecule has 6 rings (SSSR count). The number of hydrogen-bond acceptors (Lipinski definition) is 6. The van der Waals surface area contributed by atoms with Gasteiger partial charge in [-0.15, -0.1) is 11.3 Å². The molecule has 4 heterocycles. The number of hydrogen-bond donors (Lipinski definition) is 0. The number of amides is 1. The second-order valence-corrected chi connectivity index (χ2v) is 9.59. The Balaban J connectivity index is 1.07. The number of halogens is 1. The molecule has 2 atom stereocenters. The molecule has 2 aliphatic heterocycles. The van der Waals surface area contributed by atoms with Gasteiger partial charge in [0.05, 0.1) is 21.9 Å². The Hall–Kier alpha value is -2.74. The number of rotatable bonds is 4. The average molecular weight is 439 g/mol. The van der Waals surface area contributed by atoms with E-state index in [1.807, 2.05) is 28.6 Å². The van der Waals surface area contributed by atoms with Crippen molar-refractivity contribution >= 4 is 33.3 Å². The largest absolute Gasteiger partial charge is 0.489 e. The van der Waals surface area contributed by atoms with E-state index in [0.717, 1.165) is 60.6 Å². The van der Waals surface area contributed by atoms with Gasteiger partial charge in [-0.05, 0) is 49.9 Å². The van der Waals surface area contributed by atoms with Crippen LogP contribution in [0.3, 0.4) is 0 Å². The third-order valence-corrected chi connectivity index (χ3v) is 7.69. The number of pyridine rings is 1. The third-order valence-electron chi connectivity index (χ3n) is 6.83. The number of benzene rings is 1. The maximum atomic E-state index is 13.2. The molecule has 0 radical (unpaired) electrons. The molecule has 1 aromatic carbocycles. The average Bonchev–Trinajstić information content (AvgIpc) is 3.33. The highest BCUT2D eigenvalue weighted by atomic mass is 32.1. The number of fused-ring (bicyclic) bond motifs is 3. The lowest BCUT2D eigenvalue weighted by Crippen LogP contribution is -2.58. The number of carbonyl (C=O) groups excluding carboxylic acids is 1. The van der Waals surface area contributed by atoms with E-state index in [-0.39, 0.29) is 35.8 Å². The normalized spacial score (nSPS) is 27.4. The first kappa shape index (κ1) is 19.0. The molecule has 3 aliphatic rings.